The molecular formula is C18H17N3O5S. The molecule has 8 nitrogen and oxygen atoms in total. The van der Waals surface area contributed by atoms with E-state index in [4.69, 9.17) is 9.47 Å². The lowest BCUT2D eigenvalue weighted by Crippen LogP contribution is -2.14. The molecule has 1 aromatic heterocycles. The molecule has 0 bridgehead atoms. The van der Waals surface area contributed by atoms with Crippen LogP contribution >= 0.6 is 11.3 Å². The number of hydrogen-bond donors (Lipinski definition) is 1. The van der Waals surface area contributed by atoms with Gasteiger partial charge in [-0.3, -0.25) is 20.2 Å². The van der Waals surface area contributed by atoms with Crippen molar-refractivity contribution in [1.82, 2.24) is 4.98 Å². The molecule has 3 rings (SSSR count). The molecule has 0 fully saturated rings. The molecule has 0 radical (unpaired) electrons. The Morgan fingerprint density at radius 3 is 2.59 bits per heavy atom. The van der Waals surface area contributed by atoms with Gasteiger partial charge in [-0.25, -0.2) is 4.98 Å². The maximum atomic E-state index is 12.7. The summed E-state index contributed by atoms with van der Waals surface area (Å²) in [6.07, 6.45) is 0.815. The van der Waals surface area contributed by atoms with E-state index in [-0.39, 0.29) is 22.7 Å². The molecule has 1 N–H and O–H groups in total. The minimum absolute atomic E-state index is 0.132. The molecule has 0 aliphatic heterocycles. The lowest BCUT2D eigenvalue weighted by atomic mass is 10.1. The van der Waals surface area contributed by atoms with Gasteiger partial charge in [-0.15, -0.1) is 0 Å². The fraction of sp³-hybridized carbons (Fsp3) is 0.222. The van der Waals surface area contributed by atoms with Crippen LogP contribution in [0.5, 0.6) is 11.5 Å². The summed E-state index contributed by atoms with van der Waals surface area (Å²) in [5.74, 6) is -0.237. The number of ether oxygens (including phenoxy) is 2. The average molecular weight is 387 g/mol. The second-order valence-electron chi connectivity index (χ2n) is 5.57. The van der Waals surface area contributed by atoms with Crippen LogP contribution in [0, 0.1) is 10.1 Å². The zero-order valence-corrected chi connectivity index (χ0v) is 15.8. The predicted molar refractivity (Wildman–Crippen MR) is 103 cm³/mol. The number of aryl methyl sites for hydroxylation is 1. The number of methoxy groups -OCH3 is 2. The lowest BCUT2D eigenvalue weighted by Gasteiger charge is -2.10. The number of benzene rings is 2. The Hall–Kier alpha value is -3.20. The molecule has 140 valence electrons. The predicted octanol–water partition coefficient (Wildman–Crippen LogP) is 4.04. The van der Waals surface area contributed by atoms with Gasteiger partial charge >= 0.3 is 0 Å². The number of amides is 1. The molecule has 0 atom stereocenters. The molecule has 27 heavy (non-hydrogen) atoms. The smallest absolute Gasteiger partial charge is 0.286 e. The normalized spacial score (nSPS) is 10.6. The number of carbonyl (C=O) groups is 1. The van der Waals surface area contributed by atoms with Crippen molar-refractivity contribution in [2.75, 3.05) is 19.5 Å². The van der Waals surface area contributed by atoms with Gasteiger partial charge in [0.2, 0.25) is 0 Å². The van der Waals surface area contributed by atoms with Gasteiger partial charge in [0.25, 0.3) is 11.6 Å². The third kappa shape index (κ3) is 3.54. The summed E-state index contributed by atoms with van der Waals surface area (Å²) in [7, 11) is 2.76. The third-order valence-corrected chi connectivity index (χ3v) is 4.98. The van der Waals surface area contributed by atoms with Gasteiger partial charge in [0.1, 0.15) is 5.56 Å². The maximum Gasteiger partial charge on any atom is 0.286 e. The topological polar surface area (TPSA) is 104 Å². The lowest BCUT2D eigenvalue weighted by molar-refractivity contribution is -0.385. The average Bonchev–Trinajstić information content (AvgIpc) is 3.08. The van der Waals surface area contributed by atoms with Crippen LogP contribution in [0.4, 0.5) is 10.8 Å². The standard InChI is InChI=1S/C18H17N3O5S/c1-4-10-6-5-7-15-16(10)19-18(27-15)20-17(22)11-8-13(25-2)14(26-3)9-12(11)21(23)24/h5-9H,4H2,1-3H3,(H,19,20,22). The summed E-state index contributed by atoms with van der Waals surface area (Å²) in [4.78, 5) is 27.9. The Bertz CT molecular complexity index is 1030. The monoisotopic (exact) mass is 387 g/mol. The summed E-state index contributed by atoms with van der Waals surface area (Å²) in [6.45, 7) is 2.03. The van der Waals surface area contributed by atoms with Crippen LogP contribution in [0.25, 0.3) is 10.2 Å². The van der Waals surface area contributed by atoms with Crippen LogP contribution < -0.4 is 14.8 Å². The van der Waals surface area contributed by atoms with E-state index in [1.54, 1.807) is 0 Å². The number of para-hydroxylation sites is 1. The van der Waals surface area contributed by atoms with Crippen molar-refractivity contribution in [2.45, 2.75) is 13.3 Å². The molecular weight excluding hydrogens is 370 g/mol. The summed E-state index contributed by atoms with van der Waals surface area (Å²) >= 11 is 1.31. The third-order valence-electron chi connectivity index (χ3n) is 4.05. The summed E-state index contributed by atoms with van der Waals surface area (Å²) in [5, 5.41) is 14.4. The van der Waals surface area contributed by atoms with Crippen LogP contribution in [0.15, 0.2) is 30.3 Å². The number of rotatable bonds is 6. The molecule has 0 spiro atoms. The van der Waals surface area contributed by atoms with Crippen LogP contribution in [0.3, 0.4) is 0 Å². The molecule has 2 aromatic carbocycles. The maximum absolute atomic E-state index is 12.7. The van der Waals surface area contributed by atoms with Gasteiger partial charge in [-0.05, 0) is 18.1 Å². The number of nitrogens with zero attached hydrogens (tertiary/aromatic N) is 2. The molecule has 0 aliphatic carbocycles. The first-order chi connectivity index (χ1) is 13.0. The van der Waals surface area contributed by atoms with Gasteiger partial charge in [0.15, 0.2) is 16.6 Å². The first-order valence-electron chi connectivity index (χ1n) is 8.08. The first-order valence-corrected chi connectivity index (χ1v) is 8.90. The second kappa shape index (κ2) is 7.58. The molecule has 1 heterocycles. The highest BCUT2D eigenvalue weighted by atomic mass is 32.1. The zero-order valence-electron chi connectivity index (χ0n) is 14.9. The van der Waals surface area contributed by atoms with E-state index < -0.39 is 10.8 Å². The molecule has 0 aliphatic rings. The number of carbonyl (C=O) groups excluding carboxylic acids is 1. The number of nitro benzene ring substituents is 1. The minimum Gasteiger partial charge on any atom is -0.493 e. The minimum atomic E-state index is -0.639. The van der Waals surface area contributed by atoms with Gasteiger partial charge < -0.3 is 9.47 Å². The van der Waals surface area contributed by atoms with Gasteiger partial charge in [-0.1, -0.05) is 30.4 Å². The summed E-state index contributed by atoms with van der Waals surface area (Å²) < 4.78 is 11.2. The molecule has 9 heteroatoms. The van der Waals surface area contributed by atoms with Gasteiger partial charge in [0.05, 0.1) is 35.4 Å². The highest BCUT2D eigenvalue weighted by molar-refractivity contribution is 7.22. The quantitative estimate of drug-likeness (QED) is 0.506. The van der Waals surface area contributed by atoms with Gasteiger partial charge in [-0.2, -0.15) is 0 Å². The van der Waals surface area contributed by atoms with E-state index in [9.17, 15) is 14.9 Å². The Labute approximate surface area is 158 Å². The Balaban J connectivity index is 2.00. The Morgan fingerprint density at radius 1 is 1.26 bits per heavy atom. The number of nitrogens with one attached hydrogen (secondary N) is 1. The first kappa shape index (κ1) is 18.6. The highest BCUT2D eigenvalue weighted by Crippen LogP contribution is 2.35. The van der Waals surface area contributed by atoms with Crippen molar-refractivity contribution < 1.29 is 19.2 Å². The van der Waals surface area contributed by atoms with Crippen LogP contribution in [-0.4, -0.2) is 30.0 Å². The van der Waals surface area contributed by atoms with Crippen molar-refractivity contribution >= 4 is 38.3 Å². The number of fused-ring (bicyclic) bond motifs is 1. The number of anilines is 1. The van der Waals surface area contributed by atoms with E-state index in [1.165, 1.54) is 37.7 Å². The van der Waals surface area contributed by atoms with E-state index in [2.05, 4.69) is 10.3 Å². The van der Waals surface area contributed by atoms with Crippen molar-refractivity contribution in [2.24, 2.45) is 0 Å². The van der Waals surface area contributed by atoms with Crippen molar-refractivity contribution in [3.63, 3.8) is 0 Å². The van der Waals surface area contributed by atoms with Crippen molar-refractivity contribution in [3.05, 3.63) is 51.6 Å². The zero-order chi connectivity index (χ0) is 19.6. The molecule has 3 aromatic rings. The largest absolute Gasteiger partial charge is 0.493 e. The van der Waals surface area contributed by atoms with Crippen molar-refractivity contribution in [1.29, 1.82) is 0 Å². The second-order valence-corrected chi connectivity index (χ2v) is 6.60. The van der Waals surface area contributed by atoms with Crippen LogP contribution in [-0.2, 0) is 6.42 Å². The van der Waals surface area contributed by atoms with Gasteiger partial charge in [0, 0.05) is 6.07 Å². The SMILES string of the molecule is CCc1cccc2sc(NC(=O)c3cc(OC)c(OC)cc3[N+](=O)[O-])nc12. The number of nitro groups is 1. The molecule has 0 unspecified atom stereocenters. The van der Waals surface area contributed by atoms with E-state index >= 15 is 0 Å². The van der Waals surface area contributed by atoms with E-state index in [0.717, 1.165) is 22.2 Å². The van der Waals surface area contributed by atoms with Crippen molar-refractivity contribution in [3.8, 4) is 11.5 Å². The van der Waals surface area contributed by atoms with E-state index in [1.807, 2.05) is 25.1 Å². The summed E-state index contributed by atoms with van der Waals surface area (Å²) in [6, 6.07) is 8.29. The fourth-order valence-corrected chi connectivity index (χ4v) is 3.62. The summed E-state index contributed by atoms with van der Waals surface area (Å²) in [5.41, 5.74) is 1.39. The molecule has 0 saturated carbocycles. The number of aromatic nitrogens is 1. The molecule has 1 amide bonds. The van der Waals surface area contributed by atoms with E-state index in [0.29, 0.717) is 5.13 Å². The highest BCUT2D eigenvalue weighted by Gasteiger charge is 2.25. The number of hydrogen-bond acceptors (Lipinski definition) is 7. The Morgan fingerprint density at radius 2 is 1.96 bits per heavy atom. The van der Waals surface area contributed by atoms with Crippen LogP contribution in [0.1, 0.15) is 22.8 Å². The Kier molecular flexibility index (Phi) is 5.22. The van der Waals surface area contributed by atoms with Crippen LogP contribution in [0.2, 0.25) is 0 Å². The molecule has 0 saturated heterocycles. The fourth-order valence-electron chi connectivity index (χ4n) is 2.71. The number of thiazole rings is 1.